The molecule has 2 rings (SSSR count). The predicted molar refractivity (Wildman–Crippen MR) is 83.4 cm³/mol. The van der Waals surface area contributed by atoms with Crippen LogP contribution >= 0.6 is 0 Å². The number of rotatable bonds is 7. The van der Waals surface area contributed by atoms with Gasteiger partial charge in [-0.15, -0.1) is 0 Å². The van der Waals surface area contributed by atoms with E-state index < -0.39 is 0 Å². The molecule has 2 saturated carbocycles. The van der Waals surface area contributed by atoms with Crippen LogP contribution in [0.4, 0.5) is 0 Å². The van der Waals surface area contributed by atoms with Crippen LogP contribution in [-0.4, -0.2) is 37.1 Å². The van der Waals surface area contributed by atoms with Crippen LogP contribution in [0.1, 0.15) is 59.3 Å². The lowest BCUT2D eigenvalue weighted by molar-refractivity contribution is 0.0999. The summed E-state index contributed by atoms with van der Waals surface area (Å²) in [7, 11) is 2.16. The van der Waals surface area contributed by atoms with Gasteiger partial charge in [0.2, 0.25) is 0 Å². The first kappa shape index (κ1) is 15.3. The predicted octanol–water partition coefficient (Wildman–Crippen LogP) is 3.52. The second-order valence-electron chi connectivity index (χ2n) is 7.19. The average molecular weight is 266 g/mol. The first-order chi connectivity index (χ1) is 9.15. The van der Waals surface area contributed by atoms with Crippen molar-refractivity contribution < 1.29 is 0 Å². The highest BCUT2D eigenvalue weighted by atomic mass is 15.2. The first-order valence-electron chi connectivity index (χ1n) is 8.57. The van der Waals surface area contributed by atoms with Crippen LogP contribution in [0, 0.1) is 17.8 Å². The van der Waals surface area contributed by atoms with Gasteiger partial charge in [-0.1, -0.05) is 27.2 Å². The minimum atomic E-state index is 0.738. The van der Waals surface area contributed by atoms with Gasteiger partial charge in [0.05, 0.1) is 0 Å². The molecule has 2 aliphatic carbocycles. The molecule has 0 spiro atoms. The van der Waals surface area contributed by atoms with Crippen LogP contribution in [0.15, 0.2) is 0 Å². The zero-order chi connectivity index (χ0) is 13.8. The Morgan fingerprint density at radius 2 is 1.89 bits per heavy atom. The van der Waals surface area contributed by atoms with Crippen molar-refractivity contribution in [2.75, 3.05) is 20.1 Å². The Kier molecular flexibility index (Phi) is 5.70. The molecule has 19 heavy (non-hydrogen) atoms. The van der Waals surface area contributed by atoms with E-state index in [4.69, 9.17) is 0 Å². The van der Waals surface area contributed by atoms with E-state index in [9.17, 15) is 0 Å². The second kappa shape index (κ2) is 7.08. The van der Waals surface area contributed by atoms with E-state index in [1.54, 1.807) is 0 Å². The maximum Gasteiger partial charge on any atom is 0.0110 e. The molecule has 2 aliphatic rings. The molecular formula is C17H34N2. The van der Waals surface area contributed by atoms with Gasteiger partial charge in [0.25, 0.3) is 0 Å². The topological polar surface area (TPSA) is 15.3 Å². The fraction of sp³-hybridized carbons (Fsp3) is 1.00. The molecule has 0 saturated heterocycles. The molecule has 0 aromatic rings. The third-order valence-corrected chi connectivity index (χ3v) is 5.36. The van der Waals surface area contributed by atoms with Gasteiger partial charge in [-0.25, -0.2) is 0 Å². The van der Waals surface area contributed by atoms with Gasteiger partial charge in [-0.2, -0.15) is 0 Å². The summed E-state index contributed by atoms with van der Waals surface area (Å²) < 4.78 is 0. The summed E-state index contributed by atoms with van der Waals surface area (Å²) in [5, 5.41) is 3.61. The molecule has 0 aromatic heterocycles. The Morgan fingerprint density at radius 1 is 1.16 bits per heavy atom. The number of nitrogens with one attached hydrogen (secondary N) is 1. The number of nitrogens with zero attached hydrogens (tertiary/aromatic N) is 1. The van der Waals surface area contributed by atoms with Crippen molar-refractivity contribution >= 4 is 0 Å². The van der Waals surface area contributed by atoms with E-state index in [2.05, 4.69) is 38.0 Å². The molecule has 0 amide bonds. The van der Waals surface area contributed by atoms with Gasteiger partial charge >= 0.3 is 0 Å². The van der Waals surface area contributed by atoms with Crippen molar-refractivity contribution in [3.8, 4) is 0 Å². The Morgan fingerprint density at radius 3 is 2.47 bits per heavy atom. The van der Waals surface area contributed by atoms with Crippen molar-refractivity contribution in [1.82, 2.24) is 10.2 Å². The van der Waals surface area contributed by atoms with E-state index in [1.165, 1.54) is 51.6 Å². The van der Waals surface area contributed by atoms with Crippen molar-refractivity contribution in [3.05, 3.63) is 0 Å². The SMILES string of the molecule is CCCCN(CC1C(C)CC(C)CC1NC)C1CC1. The summed E-state index contributed by atoms with van der Waals surface area (Å²) in [5.41, 5.74) is 0. The molecule has 0 bridgehead atoms. The zero-order valence-corrected chi connectivity index (χ0v) is 13.5. The molecule has 0 radical (unpaired) electrons. The van der Waals surface area contributed by atoms with Crippen molar-refractivity contribution in [1.29, 1.82) is 0 Å². The minimum Gasteiger partial charge on any atom is -0.317 e. The van der Waals surface area contributed by atoms with Gasteiger partial charge < -0.3 is 10.2 Å². The summed E-state index contributed by atoms with van der Waals surface area (Å²) in [5.74, 6) is 2.64. The molecule has 1 N–H and O–H groups in total. The molecule has 0 aliphatic heterocycles. The smallest absolute Gasteiger partial charge is 0.0110 e. The van der Waals surface area contributed by atoms with Crippen LogP contribution in [0.5, 0.6) is 0 Å². The molecule has 0 heterocycles. The lowest BCUT2D eigenvalue weighted by atomic mass is 9.72. The Bertz CT molecular complexity index is 262. The Hall–Kier alpha value is -0.0800. The fourth-order valence-corrected chi connectivity index (χ4v) is 4.04. The number of hydrogen-bond acceptors (Lipinski definition) is 2. The second-order valence-corrected chi connectivity index (χ2v) is 7.19. The van der Waals surface area contributed by atoms with Gasteiger partial charge in [-0.3, -0.25) is 0 Å². The molecule has 2 fully saturated rings. The maximum atomic E-state index is 3.61. The van der Waals surface area contributed by atoms with E-state index in [-0.39, 0.29) is 0 Å². The van der Waals surface area contributed by atoms with E-state index in [0.29, 0.717) is 0 Å². The van der Waals surface area contributed by atoms with E-state index in [1.807, 2.05) is 0 Å². The highest BCUT2D eigenvalue weighted by Crippen LogP contribution is 2.36. The van der Waals surface area contributed by atoms with E-state index >= 15 is 0 Å². The normalized spacial score (nSPS) is 35.8. The van der Waals surface area contributed by atoms with Gasteiger partial charge in [-0.05, 0) is 63.5 Å². The lowest BCUT2D eigenvalue weighted by Gasteiger charge is -2.42. The Labute approximate surface area is 120 Å². The van der Waals surface area contributed by atoms with Crippen LogP contribution in [0.25, 0.3) is 0 Å². The zero-order valence-electron chi connectivity index (χ0n) is 13.5. The quantitative estimate of drug-likeness (QED) is 0.758. The highest BCUT2D eigenvalue weighted by Gasteiger charge is 2.37. The van der Waals surface area contributed by atoms with Crippen molar-refractivity contribution in [2.24, 2.45) is 17.8 Å². The summed E-state index contributed by atoms with van der Waals surface area (Å²) in [6, 6.07) is 1.66. The summed E-state index contributed by atoms with van der Waals surface area (Å²) in [6.07, 6.45) is 8.40. The highest BCUT2D eigenvalue weighted by molar-refractivity contribution is 4.92. The molecular weight excluding hydrogens is 232 g/mol. The first-order valence-corrected chi connectivity index (χ1v) is 8.57. The van der Waals surface area contributed by atoms with Crippen molar-refractivity contribution in [3.63, 3.8) is 0 Å². The molecule has 112 valence electrons. The Balaban J connectivity index is 1.93. The molecule has 4 unspecified atom stereocenters. The third kappa shape index (κ3) is 4.19. The van der Waals surface area contributed by atoms with E-state index in [0.717, 1.165) is 29.8 Å². The standard InChI is InChI=1S/C17H34N2/c1-5-6-9-19(15-7-8-15)12-16-14(3)10-13(2)11-17(16)18-4/h13-18H,5-12H2,1-4H3. The van der Waals surface area contributed by atoms with Gasteiger partial charge in [0, 0.05) is 18.6 Å². The molecule has 2 nitrogen and oxygen atoms in total. The maximum absolute atomic E-state index is 3.61. The van der Waals surface area contributed by atoms with Crippen LogP contribution in [0.3, 0.4) is 0 Å². The third-order valence-electron chi connectivity index (χ3n) is 5.36. The summed E-state index contributed by atoms with van der Waals surface area (Å²) >= 11 is 0. The monoisotopic (exact) mass is 266 g/mol. The average Bonchev–Trinajstić information content (AvgIpc) is 3.20. The minimum absolute atomic E-state index is 0.738. The largest absolute Gasteiger partial charge is 0.317 e. The van der Waals surface area contributed by atoms with Gasteiger partial charge in [0.15, 0.2) is 0 Å². The molecule has 2 heteroatoms. The van der Waals surface area contributed by atoms with Crippen LogP contribution < -0.4 is 5.32 Å². The van der Waals surface area contributed by atoms with Crippen LogP contribution in [0.2, 0.25) is 0 Å². The number of unbranched alkanes of at least 4 members (excludes halogenated alkanes) is 1. The van der Waals surface area contributed by atoms with Gasteiger partial charge in [0.1, 0.15) is 0 Å². The fourth-order valence-electron chi connectivity index (χ4n) is 4.04. The summed E-state index contributed by atoms with van der Waals surface area (Å²) in [4.78, 5) is 2.81. The van der Waals surface area contributed by atoms with Crippen LogP contribution in [-0.2, 0) is 0 Å². The number of hydrogen-bond donors (Lipinski definition) is 1. The summed E-state index contributed by atoms with van der Waals surface area (Å²) in [6.45, 7) is 9.88. The molecule has 4 atom stereocenters. The van der Waals surface area contributed by atoms with Crippen molar-refractivity contribution in [2.45, 2.75) is 71.4 Å². The lowest BCUT2D eigenvalue weighted by Crippen LogP contribution is -2.48. The molecule has 0 aromatic carbocycles.